The van der Waals surface area contributed by atoms with E-state index in [9.17, 15) is 27.6 Å². The van der Waals surface area contributed by atoms with Crippen molar-refractivity contribution in [2.75, 3.05) is 0 Å². The monoisotopic (exact) mass is 489 g/mol. The van der Waals surface area contributed by atoms with Gasteiger partial charge in [0, 0.05) is 17.8 Å². The Balaban J connectivity index is 1.81. The minimum Gasteiger partial charge on any atom is -0.443 e. The van der Waals surface area contributed by atoms with Crippen molar-refractivity contribution in [3.63, 3.8) is 0 Å². The molecule has 0 saturated heterocycles. The van der Waals surface area contributed by atoms with Gasteiger partial charge in [-0.2, -0.15) is 13.2 Å². The largest absolute Gasteiger partial charge is 0.443 e. The van der Waals surface area contributed by atoms with Crippen molar-refractivity contribution >= 4 is 12.0 Å². The lowest BCUT2D eigenvalue weighted by atomic mass is 10.2. The van der Waals surface area contributed by atoms with Crippen LogP contribution >= 0.6 is 0 Å². The second-order valence-electron chi connectivity index (χ2n) is 8.37. The summed E-state index contributed by atoms with van der Waals surface area (Å²) in [6.07, 6.45) is -4.44. The summed E-state index contributed by atoms with van der Waals surface area (Å²) in [5, 5.41) is 0. The molecule has 35 heavy (non-hydrogen) atoms. The molecule has 2 amide bonds. The van der Waals surface area contributed by atoms with Gasteiger partial charge in [0.2, 0.25) is 0 Å². The van der Waals surface area contributed by atoms with Crippen LogP contribution in [-0.4, -0.2) is 32.1 Å². The normalized spacial score (nSPS) is 11.6. The van der Waals surface area contributed by atoms with E-state index >= 15 is 0 Å². The molecule has 0 atom stereocenters. The Labute approximate surface area is 197 Å². The van der Waals surface area contributed by atoms with Gasteiger partial charge in [-0.1, -0.05) is 30.3 Å². The van der Waals surface area contributed by atoms with E-state index in [4.69, 9.17) is 4.74 Å². The van der Waals surface area contributed by atoms with Crippen molar-refractivity contribution in [1.82, 2.24) is 25.4 Å². The maximum Gasteiger partial charge on any atom is 0.433 e. The summed E-state index contributed by atoms with van der Waals surface area (Å²) in [6.45, 7) is 4.81. The van der Waals surface area contributed by atoms with Crippen molar-refractivity contribution in [2.24, 2.45) is 0 Å². The molecule has 0 saturated carbocycles. The Bertz CT molecular complexity index is 1270. The predicted molar refractivity (Wildman–Crippen MR) is 119 cm³/mol. The zero-order chi connectivity index (χ0) is 25.8. The van der Waals surface area contributed by atoms with Gasteiger partial charge in [-0.15, -0.1) is 0 Å². The highest BCUT2D eigenvalue weighted by molar-refractivity contribution is 5.94. The summed E-state index contributed by atoms with van der Waals surface area (Å²) in [7, 11) is 0. The van der Waals surface area contributed by atoms with E-state index in [2.05, 4.69) is 20.8 Å². The van der Waals surface area contributed by atoms with Crippen LogP contribution in [0.3, 0.4) is 0 Å². The Morgan fingerprint density at radius 2 is 1.71 bits per heavy atom. The van der Waals surface area contributed by atoms with Crippen LogP contribution < -0.4 is 16.4 Å². The Kier molecular flexibility index (Phi) is 7.22. The van der Waals surface area contributed by atoms with Crippen LogP contribution in [0.25, 0.3) is 11.4 Å². The van der Waals surface area contributed by atoms with Crippen molar-refractivity contribution in [2.45, 2.75) is 39.1 Å². The molecule has 0 aliphatic carbocycles. The fraction of sp³-hybridized carbons (Fsp3) is 0.261. The number of carbonyl (C=O) groups excluding carboxylic acids is 2. The van der Waals surface area contributed by atoms with Crippen molar-refractivity contribution < 1.29 is 27.5 Å². The highest BCUT2D eigenvalue weighted by Crippen LogP contribution is 2.28. The van der Waals surface area contributed by atoms with E-state index in [1.165, 1.54) is 30.5 Å². The Hall–Kier alpha value is -4.22. The zero-order valence-corrected chi connectivity index (χ0v) is 19.0. The van der Waals surface area contributed by atoms with Gasteiger partial charge in [0.25, 0.3) is 11.5 Å². The Morgan fingerprint density at radius 3 is 2.29 bits per heavy atom. The second kappa shape index (κ2) is 9.95. The van der Waals surface area contributed by atoms with E-state index in [1.54, 1.807) is 39.0 Å². The lowest BCUT2D eigenvalue weighted by Crippen LogP contribution is -2.44. The van der Waals surface area contributed by atoms with Gasteiger partial charge in [-0.05, 0) is 32.9 Å². The number of nitrogens with one attached hydrogen (secondary N) is 2. The standard InChI is InChI=1S/C23H22F3N5O4/c1-22(2,3)35-21(34)30-29-20(33)15-9-10-16(27-12-15)13-31-18(32)11-17(23(24,25)26)28-19(31)14-7-5-4-6-8-14/h4-12H,13H2,1-3H3,(H,29,33)(H,30,34). The van der Waals surface area contributed by atoms with E-state index in [-0.39, 0.29) is 17.9 Å². The number of aromatic nitrogens is 3. The number of alkyl halides is 3. The average molecular weight is 489 g/mol. The number of rotatable bonds is 4. The van der Waals surface area contributed by atoms with Gasteiger partial charge in [0.15, 0.2) is 5.69 Å². The number of hydrogen-bond donors (Lipinski definition) is 2. The molecule has 12 heteroatoms. The number of nitrogens with zero attached hydrogens (tertiary/aromatic N) is 3. The maximum atomic E-state index is 13.2. The van der Waals surface area contributed by atoms with Crippen molar-refractivity contribution in [1.29, 1.82) is 0 Å². The van der Waals surface area contributed by atoms with Crippen molar-refractivity contribution in [3.8, 4) is 11.4 Å². The van der Waals surface area contributed by atoms with Gasteiger partial charge in [-0.25, -0.2) is 15.2 Å². The molecule has 0 unspecified atom stereocenters. The summed E-state index contributed by atoms with van der Waals surface area (Å²) in [5.74, 6) is -0.844. The molecular formula is C23H22F3N5O4. The average Bonchev–Trinajstić information content (AvgIpc) is 2.78. The van der Waals surface area contributed by atoms with E-state index in [0.29, 0.717) is 17.3 Å². The zero-order valence-electron chi connectivity index (χ0n) is 19.0. The van der Waals surface area contributed by atoms with Crippen LogP contribution in [-0.2, 0) is 17.5 Å². The number of halogens is 3. The molecule has 0 fully saturated rings. The van der Waals surface area contributed by atoms with Crippen LogP contribution in [0.1, 0.15) is 42.5 Å². The van der Waals surface area contributed by atoms with E-state index < -0.39 is 35.0 Å². The molecule has 0 radical (unpaired) electrons. The molecule has 0 aliphatic rings. The second-order valence-corrected chi connectivity index (χ2v) is 8.37. The first-order valence-electron chi connectivity index (χ1n) is 10.3. The summed E-state index contributed by atoms with van der Waals surface area (Å²) in [6, 6.07) is 11.2. The number of hydrogen-bond acceptors (Lipinski definition) is 6. The lowest BCUT2D eigenvalue weighted by molar-refractivity contribution is -0.141. The number of hydrazine groups is 1. The van der Waals surface area contributed by atoms with Gasteiger partial charge in [-0.3, -0.25) is 24.6 Å². The molecule has 3 aromatic rings. The predicted octanol–water partition coefficient (Wildman–Crippen LogP) is 3.54. The number of benzene rings is 1. The molecule has 1 aromatic carbocycles. The van der Waals surface area contributed by atoms with Crippen LogP contribution in [0.15, 0.2) is 59.5 Å². The molecule has 0 spiro atoms. The van der Waals surface area contributed by atoms with Gasteiger partial charge in [0.1, 0.15) is 11.4 Å². The first-order chi connectivity index (χ1) is 16.3. The molecule has 3 rings (SSSR count). The molecule has 2 heterocycles. The minimum absolute atomic E-state index is 0.0889. The lowest BCUT2D eigenvalue weighted by Gasteiger charge is -2.19. The van der Waals surface area contributed by atoms with Crippen LogP contribution in [0, 0.1) is 0 Å². The molecule has 0 bridgehead atoms. The van der Waals surface area contributed by atoms with Crippen LogP contribution in [0.4, 0.5) is 18.0 Å². The number of pyridine rings is 1. The topological polar surface area (TPSA) is 115 Å². The van der Waals surface area contributed by atoms with E-state index in [1.807, 2.05) is 0 Å². The summed E-state index contributed by atoms with van der Waals surface area (Å²) < 4.78 is 45.8. The quantitative estimate of drug-likeness (QED) is 0.542. The smallest absolute Gasteiger partial charge is 0.433 e. The van der Waals surface area contributed by atoms with Crippen LogP contribution in [0.2, 0.25) is 0 Å². The maximum absolute atomic E-state index is 13.2. The molecule has 2 N–H and O–H groups in total. The molecule has 0 aliphatic heterocycles. The molecule has 9 nitrogen and oxygen atoms in total. The third kappa shape index (κ3) is 6.88. The van der Waals surface area contributed by atoms with Gasteiger partial charge < -0.3 is 4.74 Å². The van der Waals surface area contributed by atoms with Crippen LogP contribution in [0.5, 0.6) is 0 Å². The molecule has 184 valence electrons. The molecule has 2 aromatic heterocycles. The van der Waals surface area contributed by atoms with Gasteiger partial charge in [0.05, 0.1) is 17.8 Å². The fourth-order valence-electron chi connectivity index (χ4n) is 2.91. The highest BCUT2D eigenvalue weighted by Gasteiger charge is 2.34. The summed E-state index contributed by atoms with van der Waals surface area (Å²) in [5.41, 5.74) is 2.04. The summed E-state index contributed by atoms with van der Waals surface area (Å²) >= 11 is 0. The van der Waals surface area contributed by atoms with E-state index in [0.717, 1.165) is 4.57 Å². The Morgan fingerprint density at radius 1 is 1.03 bits per heavy atom. The van der Waals surface area contributed by atoms with Crippen molar-refractivity contribution in [3.05, 3.63) is 82.0 Å². The SMILES string of the molecule is CC(C)(C)OC(=O)NNC(=O)c1ccc(Cn2c(-c3ccccc3)nc(C(F)(F)F)cc2=O)nc1. The van der Waals surface area contributed by atoms with Gasteiger partial charge >= 0.3 is 12.3 Å². The first kappa shape index (κ1) is 25.4. The fourth-order valence-corrected chi connectivity index (χ4v) is 2.91. The number of ether oxygens (including phenoxy) is 1. The third-order valence-corrected chi connectivity index (χ3v) is 4.41. The summed E-state index contributed by atoms with van der Waals surface area (Å²) in [4.78, 5) is 44.2. The number of amides is 2. The third-order valence-electron chi connectivity index (χ3n) is 4.41. The highest BCUT2D eigenvalue weighted by atomic mass is 19.4. The minimum atomic E-state index is -4.79. The molecular weight excluding hydrogens is 467 g/mol. The first-order valence-corrected chi connectivity index (χ1v) is 10.3. The number of carbonyl (C=O) groups is 2.